The fourth-order valence-corrected chi connectivity index (χ4v) is 9.59. The Bertz CT molecular complexity index is 2420. The van der Waals surface area contributed by atoms with Gasteiger partial charge in [-0.3, -0.25) is 0 Å². The van der Waals surface area contributed by atoms with Crippen molar-refractivity contribution in [1.82, 2.24) is 0 Å². The predicted molar refractivity (Wildman–Crippen MR) is 196 cm³/mol. The largest absolute Gasteiger partial charge is 0.344 e. The molecule has 7 aliphatic rings. The van der Waals surface area contributed by atoms with Crippen molar-refractivity contribution in [3.05, 3.63) is 196 Å². The molecular formula is C47H38N3+3. The molecule has 3 nitrogen and oxygen atoms in total. The van der Waals surface area contributed by atoms with Crippen molar-refractivity contribution in [3.8, 4) is 33.8 Å². The van der Waals surface area contributed by atoms with Crippen LogP contribution in [-0.4, -0.2) is 0 Å². The zero-order chi connectivity index (χ0) is 32.8. The molecule has 0 saturated carbocycles. The predicted octanol–water partition coefficient (Wildman–Crippen LogP) is 7.51. The highest BCUT2D eigenvalue weighted by molar-refractivity contribution is 5.78. The van der Waals surface area contributed by atoms with Gasteiger partial charge in [0.05, 0.1) is 16.7 Å². The molecular weight excluding hydrogens is 607 g/mol. The summed E-state index contributed by atoms with van der Waals surface area (Å²) >= 11 is 0. The molecule has 1 spiro atoms. The van der Waals surface area contributed by atoms with Crippen molar-refractivity contribution in [2.24, 2.45) is 0 Å². The first-order chi connectivity index (χ1) is 24.7. The number of hydrogen-bond donors (Lipinski definition) is 0. The van der Waals surface area contributed by atoms with Gasteiger partial charge in [0.1, 0.15) is 0 Å². The molecule has 3 aromatic heterocycles. The standard InChI is InChI=1S/C47H38N3/c1-4-10-41-38(7-1)44-22-19-32-13-16-35-25-36-17-14-33-20-23-45(49(29-33)31-48(44)28-32)39-8-2-5-11-42(39)47(41)43-12-6-3-9-40(43)46-24-21-34(30-50(46)47)15-18-37(26-35)27-36/h1-12,19-30H,13-18,31H2/q+3. The van der Waals surface area contributed by atoms with Crippen molar-refractivity contribution in [2.45, 2.75) is 50.7 Å². The molecule has 3 heteroatoms. The van der Waals surface area contributed by atoms with Gasteiger partial charge < -0.3 is 0 Å². The van der Waals surface area contributed by atoms with Gasteiger partial charge in [0.15, 0.2) is 18.6 Å². The van der Waals surface area contributed by atoms with Crippen LogP contribution >= 0.6 is 0 Å². The molecule has 0 radical (unpaired) electrons. The molecule has 0 unspecified atom stereocenters. The van der Waals surface area contributed by atoms with E-state index in [4.69, 9.17) is 0 Å². The van der Waals surface area contributed by atoms with E-state index in [-0.39, 0.29) is 0 Å². The maximum atomic E-state index is 2.64. The molecule has 50 heavy (non-hydrogen) atoms. The monoisotopic (exact) mass is 644 g/mol. The Morgan fingerprint density at radius 1 is 0.360 bits per heavy atom. The number of hydrogen-bond acceptors (Lipinski definition) is 0. The molecule has 0 N–H and O–H groups in total. The van der Waals surface area contributed by atoms with Crippen LogP contribution < -0.4 is 13.7 Å². The highest BCUT2D eigenvalue weighted by Crippen LogP contribution is 2.50. The number of benzene rings is 4. The summed E-state index contributed by atoms with van der Waals surface area (Å²) < 4.78 is 7.69. The lowest BCUT2D eigenvalue weighted by molar-refractivity contribution is -0.903. The van der Waals surface area contributed by atoms with Crippen LogP contribution in [0, 0.1) is 0 Å². The summed E-state index contributed by atoms with van der Waals surface area (Å²) in [5.74, 6) is 0. The van der Waals surface area contributed by atoms with E-state index >= 15 is 0 Å². The van der Waals surface area contributed by atoms with E-state index in [1.165, 1.54) is 83.8 Å². The van der Waals surface area contributed by atoms with Crippen LogP contribution in [0.2, 0.25) is 0 Å². The summed E-state index contributed by atoms with van der Waals surface area (Å²) in [4.78, 5) is 0. The van der Waals surface area contributed by atoms with Gasteiger partial charge in [-0.2, -0.15) is 4.57 Å². The third-order valence-corrected chi connectivity index (χ3v) is 11.8. The Kier molecular flexibility index (Phi) is 6.01. The SMILES string of the molecule is c1ccc2c(c1)-c1ccc3c[n+]1C[n+]1cc4ccc1-c1ccccc1C21c2ccccc2-c2ccc(c[n+]21)CCc1cc(cc(c1)CC4)CC3. The quantitative estimate of drug-likeness (QED) is 0.152. The highest BCUT2D eigenvalue weighted by atomic mass is 15.2. The van der Waals surface area contributed by atoms with Crippen molar-refractivity contribution < 1.29 is 13.7 Å². The van der Waals surface area contributed by atoms with E-state index in [2.05, 4.69) is 160 Å². The molecule has 0 saturated heterocycles. The summed E-state index contributed by atoms with van der Waals surface area (Å²) in [6, 6.07) is 49.4. The Morgan fingerprint density at radius 2 is 0.740 bits per heavy atom. The van der Waals surface area contributed by atoms with E-state index < -0.39 is 5.54 Å². The summed E-state index contributed by atoms with van der Waals surface area (Å²) in [6.45, 7) is 0.738. The van der Waals surface area contributed by atoms with Crippen LogP contribution in [0.1, 0.15) is 50.1 Å². The van der Waals surface area contributed by atoms with Crippen LogP contribution in [0.4, 0.5) is 0 Å². The maximum absolute atomic E-state index is 2.64. The van der Waals surface area contributed by atoms with E-state index in [1.807, 2.05) is 0 Å². The molecule has 0 aliphatic carbocycles. The lowest BCUT2D eigenvalue weighted by Gasteiger charge is -2.30. The second-order valence-electron chi connectivity index (χ2n) is 14.7. The van der Waals surface area contributed by atoms with Gasteiger partial charge in [0, 0.05) is 51.6 Å². The minimum Gasteiger partial charge on any atom is -0.179 e. The molecule has 7 aliphatic heterocycles. The second-order valence-corrected chi connectivity index (χ2v) is 14.7. The second kappa shape index (κ2) is 10.7. The Morgan fingerprint density at radius 3 is 1.22 bits per heavy atom. The number of fused-ring (bicyclic) bond motifs is 4. The first-order valence-corrected chi connectivity index (χ1v) is 18.2. The number of rotatable bonds is 0. The molecule has 238 valence electrons. The van der Waals surface area contributed by atoms with Crippen LogP contribution in [0.5, 0.6) is 0 Å². The van der Waals surface area contributed by atoms with Crippen molar-refractivity contribution >= 4 is 0 Å². The molecule has 14 rings (SSSR count). The summed E-state index contributed by atoms with van der Waals surface area (Å²) in [6.07, 6.45) is 13.5. The van der Waals surface area contributed by atoms with Gasteiger partial charge in [0.2, 0.25) is 22.6 Å². The molecule has 4 aromatic carbocycles. The van der Waals surface area contributed by atoms with Gasteiger partial charge >= 0.3 is 6.67 Å². The first-order valence-electron chi connectivity index (χ1n) is 18.2. The lowest BCUT2D eigenvalue weighted by Crippen LogP contribution is -2.59. The summed E-state index contributed by atoms with van der Waals surface area (Å²) in [5.41, 5.74) is 19.4. The van der Waals surface area contributed by atoms with Gasteiger partial charge in [-0.25, -0.2) is 0 Å². The molecule has 0 fully saturated rings. The fourth-order valence-electron chi connectivity index (χ4n) is 9.59. The van der Waals surface area contributed by atoms with Gasteiger partial charge in [-0.05, 0) is 91.6 Å². The number of pyridine rings is 3. The van der Waals surface area contributed by atoms with Gasteiger partial charge in [0.25, 0.3) is 0 Å². The van der Waals surface area contributed by atoms with Crippen molar-refractivity contribution in [3.63, 3.8) is 0 Å². The van der Waals surface area contributed by atoms with Gasteiger partial charge in [-0.15, -0.1) is 9.13 Å². The molecule has 12 bridgehead atoms. The van der Waals surface area contributed by atoms with Gasteiger partial charge in [-0.1, -0.05) is 72.8 Å². The Hall–Kier alpha value is -5.67. The van der Waals surface area contributed by atoms with E-state index in [0.717, 1.165) is 45.2 Å². The zero-order valence-electron chi connectivity index (χ0n) is 28.1. The van der Waals surface area contributed by atoms with E-state index in [1.54, 1.807) is 0 Å². The number of aryl methyl sites for hydroxylation is 6. The average molecular weight is 645 g/mol. The summed E-state index contributed by atoms with van der Waals surface area (Å²) in [5, 5.41) is 0. The molecule has 7 aromatic rings. The van der Waals surface area contributed by atoms with Crippen LogP contribution in [0.15, 0.2) is 146 Å². The third-order valence-electron chi connectivity index (χ3n) is 11.8. The number of nitrogens with zero attached hydrogens (tertiary/aromatic N) is 3. The lowest BCUT2D eigenvalue weighted by atomic mass is 9.72. The Labute approximate surface area is 293 Å². The van der Waals surface area contributed by atoms with E-state index in [9.17, 15) is 0 Å². The minimum atomic E-state index is -0.603. The zero-order valence-corrected chi connectivity index (χ0v) is 28.1. The number of aromatic nitrogens is 3. The van der Waals surface area contributed by atoms with Crippen molar-refractivity contribution in [2.75, 3.05) is 0 Å². The fraction of sp³-hybridized carbons (Fsp3) is 0.170. The average Bonchev–Trinajstić information content (AvgIpc) is 3.45. The van der Waals surface area contributed by atoms with Crippen LogP contribution in [0.25, 0.3) is 33.8 Å². The third kappa shape index (κ3) is 4.07. The molecule has 0 amide bonds. The maximum Gasteiger partial charge on any atom is 0.344 e. The van der Waals surface area contributed by atoms with Crippen LogP contribution in [0.3, 0.4) is 0 Å². The normalized spacial score (nSPS) is 15.6. The van der Waals surface area contributed by atoms with Crippen molar-refractivity contribution in [1.29, 1.82) is 0 Å². The highest BCUT2D eigenvalue weighted by Gasteiger charge is 2.57. The molecule has 10 heterocycles. The minimum absolute atomic E-state index is 0.603. The topological polar surface area (TPSA) is 11.6 Å². The van der Waals surface area contributed by atoms with E-state index in [0.29, 0.717) is 0 Å². The first kappa shape index (κ1) is 28.2. The van der Waals surface area contributed by atoms with Crippen LogP contribution in [-0.2, 0) is 50.7 Å². The summed E-state index contributed by atoms with van der Waals surface area (Å²) in [7, 11) is 0. The smallest absolute Gasteiger partial charge is 0.179 e. The Balaban J connectivity index is 1.37. The molecule has 0 atom stereocenters.